The number of carbonyl (C=O) groups is 3. The molecule has 0 amide bonds. The molecule has 5 N–H and O–H groups in total. The van der Waals surface area contributed by atoms with Gasteiger partial charge in [-0.15, -0.1) is 0 Å². The molecule has 11 heteroatoms. The summed E-state index contributed by atoms with van der Waals surface area (Å²) in [5, 5.41) is 44.1. The Morgan fingerprint density at radius 2 is 1.59 bits per heavy atom. The summed E-state index contributed by atoms with van der Waals surface area (Å²) in [5.41, 5.74) is 2.06. The van der Waals surface area contributed by atoms with Gasteiger partial charge in [-0.25, -0.2) is 9.78 Å². The zero-order chi connectivity index (χ0) is 29.0. The van der Waals surface area contributed by atoms with Crippen molar-refractivity contribution in [3.63, 3.8) is 0 Å². The van der Waals surface area contributed by atoms with Gasteiger partial charge in [0.25, 0.3) is 0 Å². The number of aromatic nitrogens is 2. The van der Waals surface area contributed by atoms with Crippen molar-refractivity contribution < 1.29 is 39.9 Å². The molecule has 3 aromatic rings. The number of carboxylic acid groups (broad SMARTS) is 3. The molecule has 11 nitrogen and oxygen atoms in total. The molecule has 0 aliphatic carbocycles. The SMILES string of the molecule is Cc1ccc(O)c(CN(CCCn2ccnc2)Cc2ccccc2C)c1.O=C(O)CC(O)(CC(=O)O)C(=O)O. The Labute approximate surface area is 226 Å². The van der Waals surface area contributed by atoms with Gasteiger partial charge in [0.15, 0.2) is 5.60 Å². The average Bonchev–Trinajstić information content (AvgIpc) is 3.35. The Morgan fingerprint density at radius 1 is 0.949 bits per heavy atom. The van der Waals surface area contributed by atoms with Gasteiger partial charge in [0, 0.05) is 44.1 Å². The van der Waals surface area contributed by atoms with Crippen LogP contribution in [0.25, 0.3) is 0 Å². The molecule has 0 saturated heterocycles. The number of hydrogen-bond acceptors (Lipinski definition) is 7. The lowest BCUT2D eigenvalue weighted by atomic mass is 9.96. The van der Waals surface area contributed by atoms with Gasteiger partial charge in [-0.2, -0.15) is 0 Å². The van der Waals surface area contributed by atoms with Crippen LogP contribution in [0, 0.1) is 13.8 Å². The van der Waals surface area contributed by atoms with Crippen LogP contribution in [0.3, 0.4) is 0 Å². The first-order valence-corrected chi connectivity index (χ1v) is 12.3. The summed E-state index contributed by atoms with van der Waals surface area (Å²) in [6.45, 7) is 7.75. The van der Waals surface area contributed by atoms with Crippen molar-refractivity contribution in [2.45, 2.75) is 58.3 Å². The number of carboxylic acids is 3. The molecule has 0 aliphatic rings. The van der Waals surface area contributed by atoms with Crippen molar-refractivity contribution in [3.05, 3.63) is 83.4 Å². The number of rotatable bonds is 13. The summed E-state index contributed by atoms with van der Waals surface area (Å²) < 4.78 is 2.11. The highest BCUT2D eigenvalue weighted by Gasteiger charge is 2.40. The number of phenolic OH excluding ortho intramolecular Hbond substituents is 1. The number of aliphatic carboxylic acids is 3. The number of imidazole rings is 1. The molecule has 0 aliphatic heterocycles. The minimum atomic E-state index is -2.74. The number of aryl methyl sites for hydroxylation is 3. The highest BCUT2D eigenvalue weighted by molar-refractivity contribution is 5.88. The third-order valence-corrected chi connectivity index (χ3v) is 6.02. The molecule has 0 atom stereocenters. The van der Waals surface area contributed by atoms with Gasteiger partial charge < -0.3 is 30.1 Å². The quantitative estimate of drug-likeness (QED) is 0.216. The predicted octanol–water partition coefficient (Wildman–Crippen LogP) is 3.05. The van der Waals surface area contributed by atoms with E-state index in [-0.39, 0.29) is 0 Å². The van der Waals surface area contributed by atoms with Gasteiger partial charge in [0.05, 0.1) is 19.2 Å². The van der Waals surface area contributed by atoms with Crippen LogP contribution in [-0.4, -0.2) is 70.0 Å². The molecular formula is C28H35N3O8. The largest absolute Gasteiger partial charge is 0.508 e. The van der Waals surface area contributed by atoms with Crippen LogP contribution < -0.4 is 0 Å². The van der Waals surface area contributed by atoms with Crippen molar-refractivity contribution in [2.75, 3.05) is 6.54 Å². The van der Waals surface area contributed by atoms with E-state index in [0.717, 1.165) is 38.2 Å². The first-order valence-electron chi connectivity index (χ1n) is 12.3. The standard InChI is InChI=1S/C22H27N3O.C6H8O7/c1-18-8-9-22(26)21(14-18)16-25(12-5-11-24-13-10-23-17-24)15-20-7-4-3-6-19(20)2;7-3(8)1-6(13,5(11)12)2-4(9)10/h3-4,6-10,13-14,17,26H,5,11-12,15-16H2,1-2H3;13H,1-2H2,(H,7,8)(H,9,10)(H,11,12). The third kappa shape index (κ3) is 10.6. The highest BCUT2D eigenvalue weighted by Crippen LogP contribution is 2.22. The summed E-state index contributed by atoms with van der Waals surface area (Å²) in [6.07, 6.45) is 4.42. The Hall–Kier alpha value is -4.22. The zero-order valence-electron chi connectivity index (χ0n) is 22.0. The summed E-state index contributed by atoms with van der Waals surface area (Å²) >= 11 is 0. The fourth-order valence-electron chi connectivity index (χ4n) is 3.93. The Morgan fingerprint density at radius 3 is 2.15 bits per heavy atom. The second kappa shape index (κ2) is 14.6. The molecule has 2 aromatic carbocycles. The molecule has 0 radical (unpaired) electrons. The fourth-order valence-corrected chi connectivity index (χ4v) is 3.93. The fraction of sp³-hybridized carbons (Fsp3) is 0.357. The number of hydrogen-bond donors (Lipinski definition) is 5. The topological polar surface area (TPSA) is 173 Å². The number of phenols is 1. The van der Waals surface area contributed by atoms with Crippen LogP contribution in [0.4, 0.5) is 0 Å². The molecule has 0 bridgehead atoms. The van der Waals surface area contributed by atoms with Crippen LogP contribution in [-0.2, 0) is 34.0 Å². The van der Waals surface area contributed by atoms with E-state index in [4.69, 9.17) is 20.4 Å². The molecular weight excluding hydrogens is 506 g/mol. The molecule has 3 rings (SSSR count). The van der Waals surface area contributed by atoms with Gasteiger partial charge in [0.1, 0.15) is 5.75 Å². The predicted molar refractivity (Wildman–Crippen MR) is 142 cm³/mol. The summed E-state index contributed by atoms with van der Waals surface area (Å²) in [5.74, 6) is -4.64. The molecule has 1 heterocycles. The lowest BCUT2D eigenvalue weighted by Gasteiger charge is -2.24. The number of aromatic hydroxyl groups is 1. The lowest BCUT2D eigenvalue weighted by molar-refractivity contribution is -0.170. The van der Waals surface area contributed by atoms with E-state index >= 15 is 0 Å². The zero-order valence-corrected chi connectivity index (χ0v) is 22.0. The lowest BCUT2D eigenvalue weighted by Crippen LogP contribution is -2.42. The maximum atomic E-state index is 10.3. The van der Waals surface area contributed by atoms with Crippen molar-refractivity contribution in [2.24, 2.45) is 0 Å². The second-order valence-corrected chi connectivity index (χ2v) is 9.40. The van der Waals surface area contributed by atoms with E-state index in [9.17, 15) is 19.5 Å². The Kier molecular flexibility index (Phi) is 11.6. The van der Waals surface area contributed by atoms with Gasteiger partial charge in [-0.3, -0.25) is 14.5 Å². The molecule has 0 saturated carbocycles. The average molecular weight is 542 g/mol. The molecule has 0 spiro atoms. The van der Waals surface area contributed by atoms with Crippen LogP contribution in [0.5, 0.6) is 5.75 Å². The Balaban J connectivity index is 0.000000349. The number of aliphatic hydroxyl groups is 1. The first-order chi connectivity index (χ1) is 18.4. The molecule has 0 fully saturated rings. The van der Waals surface area contributed by atoms with Gasteiger partial charge in [-0.1, -0.05) is 42.0 Å². The van der Waals surface area contributed by atoms with E-state index in [2.05, 4.69) is 58.6 Å². The van der Waals surface area contributed by atoms with Crippen LogP contribution in [0.1, 0.15) is 41.5 Å². The van der Waals surface area contributed by atoms with E-state index < -0.39 is 36.4 Å². The second-order valence-electron chi connectivity index (χ2n) is 9.40. The molecule has 0 unspecified atom stereocenters. The smallest absolute Gasteiger partial charge is 0.336 e. The molecule has 1 aromatic heterocycles. The van der Waals surface area contributed by atoms with E-state index in [1.165, 1.54) is 16.7 Å². The van der Waals surface area contributed by atoms with E-state index in [0.29, 0.717) is 5.75 Å². The van der Waals surface area contributed by atoms with Crippen molar-refractivity contribution in [1.82, 2.24) is 14.5 Å². The summed E-state index contributed by atoms with van der Waals surface area (Å²) in [4.78, 5) is 37.0. The maximum absolute atomic E-state index is 10.3. The van der Waals surface area contributed by atoms with E-state index in [1.54, 1.807) is 6.07 Å². The number of benzene rings is 2. The molecule has 39 heavy (non-hydrogen) atoms. The minimum absolute atomic E-state index is 0.375. The third-order valence-electron chi connectivity index (χ3n) is 6.02. The first kappa shape index (κ1) is 31.0. The van der Waals surface area contributed by atoms with E-state index in [1.807, 2.05) is 24.8 Å². The minimum Gasteiger partial charge on any atom is -0.508 e. The summed E-state index contributed by atoms with van der Waals surface area (Å²) in [6, 6.07) is 14.3. The van der Waals surface area contributed by atoms with Crippen LogP contribution >= 0.6 is 0 Å². The maximum Gasteiger partial charge on any atom is 0.336 e. The normalized spacial score (nSPS) is 11.1. The Bertz CT molecular complexity index is 1230. The number of nitrogens with zero attached hydrogens (tertiary/aromatic N) is 3. The van der Waals surface area contributed by atoms with Gasteiger partial charge in [-0.05, 0) is 37.5 Å². The summed E-state index contributed by atoms with van der Waals surface area (Å²) in [7, 11) is 0. The van der Waals surface area contributed by atoms with Crippen LogP contribution in [0.2, 0.25) is 0 Å². The van der Waals surface area contributed by atoms with Crippen molar-refractivity contribution in [1.29, 1.82) is 0 Å². The van der Waals surface area contributed by atoms with Gasteiger partial charge >= 0.3 is 17.9 Å². The molecule has 210 valence electrons. The highest BCUT2D eigenvalue weighted by atomic mass is 16.4. The van der Waals surface area contributed by atoms with Crippen molar-refractivity contribution in [3.8, 4) is 5.75 Å². The van der Waals surface area contributed by atoms with Gasteiger partial charge in [0.2, 0.25) is 0 Å². The van der Waals surface area contributed by atoms with Crippen molar-refractivity contribution >= 4 is 17.9 Å². The van der Waals surface area contributed by atoms with Crippen LogP contribution in [0.15, 0.2) is 61.2 Å². The monoisotopic (exact) mass is 541 g/mol.